The third kappa shape index (κ3) is 4.56. The van der Waals surface area contributed by atoms with Crippen LogP contribution in [0.1, 0.15) is 45.2 Å². The van der Waals surface area contributed by atoms with Crippen LogP contribution in [-0.4, -0.2) is 26.1 Å². The molecule has 6 heteroatoms. The monoisotopic (exact) mass is 313 g/mol. The Morgan fingerprint density at radius 2 is 2.14 bits per heavy atom. The Balaban J connectivity index is 2.12. The average Bonchev–Trinajstić information content (AvgIpc) is 3.10. The smallest absolute Gasteiger partial charge is 0.242 e. The predicted molar refractivity (Wildman–Crippen MR) is 84.6 cm³/mol. The Bertz CT molecular complexity index is 538. The van der Waals surface area contributed by atoms with Gasteiger partial charge in [-0.2, -0.15) is 0 Å². The molecule has 1 saturated carbocycles. The molecule has 1 aromatic heterocycles. The molecule has 0 aromatic carbocycles. The van der Waals surface area contributed by atoms with Gasteiger partial charge < -0.3 is 9.88 Å². The highest BCUT2D eigenvalue weighted by Crippen LogP contribution is 2.33. The predicted octanol–water partition coefficient (Wildman–Crippen LogP) is 2.08. The van der Waals surface area contributed by atoms with Crippen molar-refractivity contribution in [1.82, 2.24) is 14.6 Å². The highest BCUT2D eigenvalue weighted by atomic mass is 32.2. The first-order valence-corrected chi connectivity index (χ1v) is 9.30. The molecular weight excluding hydrogens is 286 g/mol. The van der Waals surface area contributed by atoms with Crippen LogP contribution in [0.25, 0.3) is 0 Å². The fraction of sp³-hybridized carbons (Fsp3) is 0.733. The maximum Gasteiger partial charge on any atom is 0.242 e. The molecule has 1 unspecified atom stereocenters. The summed E-state index contributed by atoms with van der Waals surface area (Å²) >= 11 is 0. The van der Waals surface area contributed by atoms with Crippen molar-refractivity contribution >= 4 is 10.0 Å². The van der Waals surface area contributed by atoms with Gasteiger partial charge in [0.2, 0.25) is 10.0 Å². The van der Waals surface area contributed by atoms with Gasteiger partial charge in [0.1, 0.15) is 0 Å². The van der Waals surface area contributed by atoms with Crippen molar-refractivity contribution in [3.05, 3.63) is 18.0 Å². The van der Waals surface area contributed by atoms with Gasteiger partial charge in [0, 0.05) is 31.0 Å². The molecule has 0 saturated heterocycles. The number of hydrogen-bond acceptors (Lipinski definition) is 3. The molecule has 1 atom stereocenters. The van der Waals surface area contributed by atoms with Crippen LogP contribution >= 0.6 is 0 Å². The van der Waals surface area contributed by atoms with Crippen LogP contribution in [-0.2, 0) is 23.1 Å². The van der Waals surface area contributed by atoms with Gasteiger partial charge in [-0.3, -0.25) is 0 Å². The SMILES string of the molecule is CCCn1cc(S(=O)(=O)NC(C)CC2CC2)cc1CNC. The van der Waals surface area contributed by atoms with Crippen molar-refractivity contribution in [2.75, 3.05) is 7.05 Å². The van der Waals surface area contributed by atoms with Crippen LogP contribution < -0.4 is 10.0 Å². The molecule has 1 aliphatic carbocycles. The highest BCUT2D eigenvalue weighted by Gasteiger charge is 2.27. The van der Waals surface area contributed by atoms with E-state index in [0.717, 1.165) is 25.1 Å². The minimum Gasteiger partial charge on any atom is -0.349 e. The Hall–Kier alpha value is -0.850. The molecule has 0 amide bonds. The van der Waals surface area contributed by atoms with E-state index < -0.39 is 10.0 Å². The van der Waals surface area contributed by atoms with Crippen LogP contribution in [0.5, 0.6) is 0 Å². The summed E-state index contributed by atoms with van der Waals surface area (Å²) in [6, 6.07) is 1.78. The number of nitrogens with one attached hydrogen (secondary N) is 2. The van der Waals surface area contributed by atoms with Crippen molar-refractivity contribution in [3.8, 4) is 0 Å². The number of sulfonamides is 1. The molecule has 1 aromatic rings. The lowest BCUT2D eigenvalue weighted by atomic mass is 10.2. The van der Waals surface area contributed by atoms with Crippen LogP contribution in [0, 0.1) is 5.92 Å². The number of hydrogen-bond donors (Lipinski definition) is 2. The molecule has 120 valence electrons. The molecular formula is C15H27N3O2S. The fourth-order valence-corrected chi connectivity index (χ4v) is 4.00. The third-order valence-corrected chi connectivity index (χ3v) is 5.39. The zero-order chi connectivity index (χ0) is 15.5. The van der Waals surface area contributed by atoms with Crippen molar-refractivity contribution in [3.63, 3.8) is 0 Å². The normalized spacial score (nSPS) is 17.1. The Morgan fingerprint density at radius 3 is 2.71 bits per heavy atom. The van der Waals surface area contributed by atoms with E-state index in [1.54, 1.807) is 12.3 Å². The van der Waals surface area contributed by atoms with Crippen molar-refractivity contribution in [2.24, 2.45) is 5.92 Å². The lowest BCUT2D eigenvalue weighted by molar-refractivity contribution is 0.529. The van der Waals surface area contributed by atoms with Gasteiger partial charge in [0.15, 0.2) is 0 Å². The molecule has 1 heterocycles. The van der Waals surface area contributed by atoms with E-state index in [9.17, 15) is 8.42 Å². The van der Waals surface area contributed by atoms with E-state index in [0.29, 0.717) is 17.4 Å². The summed E-state index contributed by atoms with van der Waals surface area (Å²) in [5.41, 5.74) is 1.01. The van der Waals surface area contributed by atoms with Crippen LogP contribution in [0.4, 0.5) is 0 Å². The van der Waals surface area contributed by atoms with Gasteiger partial charge in [-0.15, -0.1) is 0 Å². The molecule has 2 N–H and O–H groups in total. The number of rotatable bonds is 9. The summed E-state index contributed by atoms with van der Waals surface area (Å²) < 4.78 is 29.8. The zero-order valence-corrected chi connectivity index (χ0v) is 14.0. The van der Waals surface area contributed by atoms with E-state index >= 15 is 0 Å². The number of aryl methyl sites for hydroxylation is 1. The molecule has 5 nitrogen and oxygen atoms in total. The lowest BCUT2D eigenvalue weighted by Gasteiger charge is -2.12. The van der Waals surface area contributed by atoms with Gasteiger partial charge in [-0.25, -0.2) is 13.1 Å². The molecule has 0 bridgehead atoms. The minimum atomic E-state index is -3.41. The largest absolute Gasteiger partial charge is 0.349 e. The van der Waals surface area contributed by atoms with Crippen molar-refractivity contribution in [1.29, 1.82) is 0 Å². The Kier molecular flexibility index (Phi) is 5.46. The van der Waals surface area contributed by atoms with Gasteiger partial charge in [0.05, 0.1) is 4.90 Å². The van der Waals surface area contributed by atoms with E-state index in [1.807, 2.05) is 18.5 Å². The molecule has 0 aliphatic heterocycles. The third-order valence-electron chi connectivity index (χ3n) is 3.83. The highest BCUT2D eigenvalue weighted by molar-refractivity contribution is 7.89. The number of aromatic nitrogens is 1. The Labute approximate surface area is 128 Å². The van der Waals surface area contributed by atoms with Crippen molar-refractivity contribution < 1.29 is 8.42 Å². The molecule has 1 aliphatic rings. The zero-order valence-electron chi connectivity index (χ0n) is 13.2. The second-order valence-corrected chi connectivity index (χ2v) is 7.81. The van der Waals surface area contributed by atoms with E-state index in [-0.39, 0.29) is 6.04 Å². The van der Waals surface area contributed by atoms with E-state index in [2.05, 4.69) is 17.0 Å². The van der Waals surface area contributed by atoms with Crippen LogP contribution in [0.2, 0.25) is 0 Å². The lowest BCUT2D eigenvalue weighted by Crippen LogP contribution is -2.32. The van der Waals surface area contributed by atoms with Crippen molar-refractivity contribution in [2.45, 2.75) is 63.6 Å². The van der Waals surface area contributed by atoms with Crippen LogP contribution in [0.3, 0.4) is 0 Å². The summed E-state index contributed by atoms with van der Waals surface area (Å²) in [6.45, 7) is 5.55. The van der Waals surface area contributed by atoms with Gasteiger partial charge in [-0.1, -0.05) is 19.8 Å². The van der Waals surface area contributed by atoms with E-state index in [4.69, 9.17) is 0 Å². The summed E-state index contributed by atoms with van der Waals surface area (Å²) in [7, 11) is -1.55. The first-order chi connectivity index (χ1) is 9.96. The summed E-state index contributed by atoms with van der Waals surface area (Å²) in [5.74, 6) is 0.715. The topological polar surface area (TPSA) is 63.1 Å². The number of nitrogens with zero attached hydrogens (tertiary/aromatic N) is 1. The molecule has 1 fully saturated rings. The second kappa shape index (κ2) is 6.94. The van der Waals surface area contributed by atoms with E-state index in [1.165, 1.54) is 12.8 Å². The maximum atomic E-state index is 12.5. The molecule has 21 heavy (non-hydrogen) atoms. The van der Waals surface area contributed by atoms with Gasteiger partial charge >= 0.3 is 0 Å². The summed E-state index contributed by atoms with van der Waals surface area (Å²) in [4.78, 5) is 0.379. The standard InChI is InChI=1S/C15H27N3O2S/c1-4-7-18-11-15(9-14(18)10-16-3)21(19,20)17-12(2)8-13-5-6-13/h9,11-13,16-17H,4-8,10H2,1-3H3. The molecule has 0 spiro atoms. The second-order valence-electron chi connectivity index (χ2n) is 6.09. The first kappa shape index (κ1) is 16.5. The molecule has 0 radical (unpaired) electrons. The summed E-state index contributed by atoms with van der Waals surface area (Å²) in [5, 5.41) is 3.09. The average molecular weight is 313 g/mol. The van der Waals surface area contributed by atoms with Crippen LogP contribution in [0.15, 0.2) is 17.2 Å². The molecule has 2 rings (SSSR count). The Morgan fingerprint density at radius 1 is 1.43 bits per heavy atom. The first-order valence-electron chi connectivity index (χ1n) is 7.82. The summed E-state index contributed by atoms with van der Waals surface area (Å²) in [6.07, 6.45) is 6.16. The minimum absolute atomic E-state index is 0.00442. The quantitative estimate of drug-likeness (QED) is 0.734. The fourth-order valence-electron chi connectivity index (χ4n) is 2.69. The van der Waals surface area contributed by atoms with Gasteiger partial charge in [-0.05, 0) is 38.8 Å². The van der Waals surface area contributed by atoms with Gasteiger partial charge in [0.25, 0.3) is 0 Å². The maximum absolute atomic E-state index is 12.5.